The minimum absolute atomic E-state index is 0.279. The van der Waals surface area contributed by atoms with Crippen LogP contribution in [0.2, 0.25) is 0 Å². The molecule has 0 aliphatic heterocycles. The zero-order chi connectivity index (χ0) is 78.1. The number of aromatic nitrogens is 5. The van der Waals surface area contributed by atoms with Crippen LogP contribution in [0, 0.1) is 0 Å². The fourth-order valence-corrected chi connectivity index (χ4v) is 13.5. The van der Waals surface area contributed by atoms with Crippen LogP contribution in [0.15, 0.2) is 160 Å². The van der Waals surface area contributed by atoms with Gasteiger partial charge in [0, 0.05) is 191 Å². The van der Waals surface area contributed by atoms with Crippen LogP contribution in [0.3, 0.4) is 0 Å². The van der Waals surface area contributed by atoms with Gasteiger partial charge in [-0.1, -0.05) is 69.3 Å². The number of esters is 5. The number of H-pyrrole nitrogens is 5. The molecule has 576 valence electrons. The largest absolute Gasteiger partial charge is 0.426 e. The summed E-state index contributed by atoms with van der Waals surface area (Å²) in [7, 11) is 2.06. The summed E-state index contributed by atoms with van der Waals surface area (Å²) in [5.41, 5.74) is 10.9. The molecule has 0 fully saturated rings. The lowest BCUT2D eigenvalue weighted by Crippen LogP contribution is -2.38. The van der Waals surface area contributed by atoms with Gasteiger partial charge in [-0.2, -0.15) is 0 Å². The smallest absolute Gasteiger partial charge is 0.308 e. The zero-order valence-corrected chi connectivity index (χ0v) is 66.2. The highest BCUT2D eigenvalue weighted by Gasteiger charge is 2.20. The molecule has 0 amide bonds. The molecule has 20 heteroatoms. The minimum atomic E-state index is -0.306. The molecule has 10 rings (SSSR count). The number of likely N-dealkylation sites (N-methyl/N-ethyl adjacent to an activating group) is 2. The topological polar surface area (TPSA) is 227 Å². The minimum Gasteiger partial charge on any atom is -0.426 e. The van der Waals surface area contributed by atoms with E-state index < -0.39 is 0 Å². The molecule has 0 bridgehead atoms. The zero-order valence-electron chi connectivity index (χ0n) is 66.2. The molecule has 5 aromatic carbocycles. The third-order valence-corrected chi connectivity index (χ3v) is 18.2. The molecule has 0 atom stereocenters. The molecule has 5 N–H and O–H groups in total. The van der Waals surface area contributed by atoms with Crippen molar-refractivity contribution >= 4 is 84.4 Å². The van der Waals surface area contributed by atoms with E-state index in [0.717, 1.165) is 170 Å². The predicted octanol–water partition coefficient (Wildman–Crippen LogP) is 16.9. The molecule has 0 radical (unpaired) electrons. The molecule has 10 aromatic rings. The number of aromatic amines is 5. The quantitative estimate of drug-likeness (QED) is 0.0144. The highest BCUT2D eigenvalue weighted by molar-refractivity contribution is 5.95. The van der Waals surface area contributed by atoms with Gasteiger partial charge in [0.05, 0.1) is 0 Å². The Morgan fingerprint density at radius 3 is 0.888 bits per heavy atom. The van der Waals surface area contributed by atoms with Crippen LogP contribution in [0.5, 0.6) is 28.7 Å². The van der Waals surface area contributed by atoms with Crippen LogP contribution in [0.1, 0.15) is 138 Å². The van der Waals surface area contributed by atoms with Gasteiger partial charge in [0.1, 0.15) is 28.7 Å². The Morgan fingerprint density at radius 2 is 0.636 bits per heavy atom. The van der Waals surface area contributed by atoms with Crippen LogP contribution in [-0.2, 0) is 56.1 Å². The van der Waals surface area contributed by atoms with E-state index in [1.165, 1.54) is 64.2 Å². The van der Waals surface area contributed by atoms with Crippen molar-refractivity contribution in [3.63, 3.8) is 0 Å². The number of nitrogens with zero attached hydrogens (tertiary/aromatic N) is 5. The van der Waals surface area contributed by atoms with Gasteiger partial charge >= 0.3 is 29.8 Å². The number of ether oxygens (including phenoxy) is 5. The van der Waals surface area contributed by atoms with E-state index >= 15 is 0 Å². The molecule has 5 aromatic heterocycles. The second-order valence-electron chi connectivity index (χ2n) is 27.6. The van der Waals surface area contributed by atoms with Crippen molar-refractivity contribution in [3.8, 4) is 28.7 Å². The van der Waals surface area contributed by atoms with Crippen molar-refractivity contribution in [2.45, 2.75) is 160 Å². The summed E-state index contributed by atoms with van der Waals surface area (Å²) < 4.78 is 26.7. The Balaban J connectivity index is 0.000000209. The standard InChI is InChI=1S/2C18H26N2O2.C18H22N2O2.C17H24N2O2.C16H20N2O2/c1-12(2)20(13(3)4)10-9-15-11-19-16-7-6-8-17(18(15)16)22-14(5)21;2*1-4-10-20(11-5-2)12-9-15-13-19-16-7-6-8-17(18(15)16)22-14(3)21;1-5-19(12(2)3)10-9-14-11-18-15-7-6-8-16(17(14)15)21-13(4)20;1-4-9-18(3)10-8-13-11-17-14-6-5-7-15(16(13)14)20-12(2)19/h6-8,11-13,19H,9-10H2,1-5H3;6-8,13,19H,4-5,9-12H2,1-3H3;4-8,13,19H,1-2,9-12H2,3H3;6-8,11-12,18H,5,9-10H2,1-4H3;4-7,11,17H,1,8-10H2,2-3H3. The second kappa shape index (κ2) is 44.3. The molecule has 107 heavy (non-hydrogen) atoms. The van der Waals surface area contributed by atoms with Crippen LogP contribution in [0.25, 0.3) is 54.5 Å². The van der Waals surface area contributed by atoms with Crippen molar-refractivity contribution in [1.29, 1.82) is 0 Å². The fourth-order valence-electron chi connectivity index (χ4n) is 13.5. The van der Waals surface area contributed by atoms with Crippen molar-refractivity contribution in [2.24, 2.45) is 0 Å². The molecular weight excluding hydrogens is 1350 g/mol. The summed E-state index contributed by atoms with van der Waals surface area (Å²) >= 11 is 0. The van der Waals surface area contributed by atoms with Gasteiger partial charge in [-0.15, -0.1) is 19.7 Å². The molecule has 5 heterocycles. The summed E-state index contributed by atoms with van der Waals surface area (Å²) in [4.78, 5) is 84.4. The molecule has 0 aliphatic carbocycles. The second-order valence-corrected chi connectivity index (χ2v) is 27.6. The molecule has 0 saturated heterocycles. The number of carbonyl (C=O) groups is 5. The van der Waals surface area contributed by atoms with E-state index in [2.05, 4.69) is 139 Å². The Labute approximate surface area is 633 Å². The lowest BCUT2D eigenvalue weighted by atomic mass is 10.1. The summed E-state index contributed by atoms with van der Waals surface area (Å²) in [6, 6.07) is 30.2. The van der Waals surface area contributed by atoms with Gasteiger partial charge in [0.25, 0.3) is 0 Å². The van der Waals surface area contributed by atoms with Crippen LogP contribution in [-0.4, -0.2) is 176 Å². The summed E-state index contributed by atoms with van der Waals surface area (Å²) in [6.07, 6.45) is 22.6. The highest BCUT2D eigenvalue weighted by atomic mass is 16.5. The van der Waals surface area contributed by atoms with E-state index in [1.54, 1.807) is 0 Å². The lowest BCUT2D eigenvalue weighted by molar-refractivity contribution is -0.132. The lowest BCUT2D eigenvalue weighted by Gasteiger charge is -2.30. The molecule has 0 aliphatic rings. The molecule has 0 unspecified atom stereocenters. The van der Waals surface area contributed by atoms with E-state index in [0.29, 0.717) is 46.9 Å². The summed E-state index contributed by atoms with van der Waals surface area (Å²) in [5, 5.41) is 5.05. The average Bonchev–Trinajstić information content (AvgIpc) is 1.72. The predicted molar refractivity (Wildman–Crippen MR) is 437 cm³/mol. The fraction of sp³-hybridized carbons (Fsp3) is 0.414. The number of hydrogen-bond donors (Lipinski definition) is 5. The maximum Gasteiger partial charge on any atom is 0.308 e. The average molecular weight is 1460 g/mol. The van der Waals surface area contributed by atoms with Crippen LogP contribution in [0.4, 0.5) is 0 Å². The monoisotopic (exact) mass is 1460 g/mol. The number of fused-ring (bicyclic) bond motifs is 5. The first-order chi connectivity index (χ1) is 51.3. The van der Waals surface area contributed by atoms with Crippen molar-refractivity contribution in [3.05, 3.63) is 188 Å². The number of rotatable bonds is 34. The van der Waals surface area contributed by atoms with Crippen molar-refractivity contribution in [2.75, 3.05) is 79.0 Å². The van der Waals surface area contributed by atoms with E-state index in [-0.39, 0.29) is 29.8 Å². The molecule has 0 saturated carbocycles. The Hall–Kier alpha value is -9.83. The van der Waals surface area contributed by atoms with Crippen molar-refractivity contribution in [1.82, 2.24) is 49.4 Å². The van der Waals surface area contributed by atoms with Gasteiger partial charge in [0.2, 0.25) is 0 Å². The third kappa shape index (κ3) is 26.6. The van der Waals surface area contributed by atoms with Crippen LogP contribution >= 0.6 is 0 Å². The summed E-state index contributed by atoms with van der Waals surface area (Å²) in [6.45, 7) is 49.0. The molecular formula is C87H118N10O10. The maximum atomic E-state index is 11.3. The third-order valence-electron chi connectivity index (χ3n) is 18.2. The van der Waals surface area contributed by atoms with E-state index in [9.17, 15) is 24.0 Å². The Morgan fingerprint density at radius 1 is 0.364 bits per heavy atom. The maximum absolute atomic E-state index is 11.3. The van der Waals surface area contributed by atoms with Gasteiger partial charge in [-0.05, 0) is 202 Å². The van der Waals surface area contributed by atoms with Crippen LogP contribution < -0.4 is 23.7 Å². The first-order valence-electron chi connectivity index (χ1n) is 37.7. The number of benzene rings is 5. The first kappa shape index (κ1) is 86.1. The van der Waals surface area contributed by atoms with Gasteiger partial charge in [0.15, 0.2) is 0 Å². The van der Waals surface area contributed by atoms with E-state index in [1.807, 2.05) is 140 Å². The Kier molecular flexibility index (Phi) is 35.7. The normalized spacial score (nSPS) is 11.3. The summed E-state index contributed by atoms with van der Waals surface area (Å²) in [5.74, 6) is 1.71. The number of nitrogens with one attached hydrogen (secondary N) is 5. The van der Waals surface area contributed by atoms with Gasteiger partial charge in [-0.25, -0.2) is 0 Å². The molecule has 20 nitrogen and oxygen atoms in total. The van der Waals surface area contributed by atoms with Crippen molar-refractivity contribution < 1.29 is 47.7 Å². The van der Waals surface area contributed by atoms with Gasteiger partial charge < -0.3 is 63.3 Å². The first-order valence-corrected chi connectivity index (χ1v) is 37.7. The number of carbonyl (C=O) groups excluding carboxylic acids is 5. The number of hydrogen-bond acceptors (Lipinski definition) is 15. The Bertz CT molecular complexity index is 4450. The SMILES string of the molecule is C=CCN(C)CCc1c[nH]c2cccc(OC(C)=O)c12.C=CCN(CC=C)CCc1c[nH]c2cccc(OC(C)=O)c12.CC(=O)Oc1cccc2[nH]cc(CCN(C(C)C)C(C)C)c12.CCCN(CCC)CCc1c[nH]c2cccc(OC(C)=O)c12.CCN(CCc1c[nH]c2cccc(OC(C)=O)c12)C(C)C. The highest BCUT2D eigenvalue weighted by Crippen LogP contribution is 2.34. The molecule has 0 spiro atoms. The van der Waals surface area contributed by atoms with E-state index in [4.69, 9.17) is 23.7 Å². The van der Waals surface area contributed by atoms with Gasteiger partial charge in [-0.3, -0.25) is 33.8 Å².